The number of fused-ring (bicyclic) bond motifs is 1. The molecule has 0 unspecified atom stereocenters. The summed E-state index contributed by atoms with van der Waals surface area (Å²) in [5.74, 6) is 0.736. The van der Waals surface area contributed by atoms with Crippen LogP contribution < -0.4 is 10.1 Å². The van der Waals surface area contributed by atoms with Crippen molar-refractivity contribution in [2.45, 2.75) is 20.3 Å². The number of hydrogen-bond acceptors (Lipinski definition) is 5. The molecule has 0 aliphatic rings. The lowest BCUT2D eigenvalue weighted by molar-refractivity contribution is -0.117. The van der Waals surface area contributed by atoms with Crippen molar-refractivity contribution >= 4 is 32.6 Å². The van der Waals surface area contributed by atoms with Crippen LogP contribution in [0.25, 0.3) is 10.2 Å². The molecule has 0 atom stereocenters. The van der Waals surface area contributed by atoms with E-state index in [9.17, 15) is 4.79 Å². The number of hydrogen-bond donors (Lipinski definition) is 1. The Kier molecular flexibility index (Phi) is 5.31. The van der Waals surface area contributed by atoms with Gasteiger partial charge in [-0.25, -0.2) is 4.98 Å². The molecule has 0 saturated heterocycles. The molecule has 1 heterocycles. The second kappa shape index (κ2) is 7.21. The zero-order valence-electron chi connectivity index (χ0n) is 11.6. The molecule has 0 bridgehead atoms. The number of carbonyl (C=O) groups excluding carboxylic acids is 1. The number of rotatable bonds is 7. The van der Waals surface area contributed by atoms with Crippen molar-refractivity contribution in [3.63, 3.8) is 0 Å². The van der Waals surface area contributed by atoms with E-state index in [-0.39, 0.29) is 5.91 Å². The van der Waals surface area contributed by atoms with E-state index in [1.807, 2.05) is 32.0 Å². The second-order valence-corrected chi connectivity index (χ2v) is 5.11. The SMILES string of the molecule is CCOCCC(=O)Nc1nc2ccc(OCC)cc2s1. The van der Waals surface area contributed by atoms with E-state index in [0.717, 1.165) is 16.0 Å². The summed E-state index contributed by atoms with van der Waals surface area (Å²) in [4.78, 5) is 16.1. The van der Waals surface area contributed by atoms with Gasteiger partial charge in [0.15, 0.2) is 5.13 Å². The van der Waals surface area contributed by atoms with Crippen LogP contribution in [-0.2, 0) is 9.53 Å². The number of nitrogens with zero attached hydrogens (tertiary/aromatic N) is 1. The lowest BCUT2D eigenvalue weighted by atomic mass is 10.3. The van der Waals surface area contributed by atoms with Crippen molar-refractivity contribution < 1.29 is 14.3 Å². The lowest BCUT2D eigenvalue weighted by Gasteiger charge is -2.01. The average molecular weight is 294 g/mol. The highest BCUT2D eigenvalue weighted by atomic mass is 32.1. The molecule has 0 aliphatic heterocycles. The number of aromatic nitrogens is 1. The van der Waals surface area contributed by atoms with E-state index in [1.54, 1.807) is 0 Å². The van der Waals surface area contributed by atoms with Crippen molar-refractivity contribution in [1.29, 1.82) is 0 Å². The predicted octanol–water partition coefficient (Wildman–Crippen LogP) is 3.06. The van der Waals surface area contributed by atoms with E-state index in [0.29, 0.717) is 31.4 Å². The average Bonchev–Trinajstić information content (AvgIpc) is 2.80. The predicted molar refractivity (Wildman–Crippen MR) is 80.5 cm³/mol. The minimum atomic E-state index is -0.0810. The second-order valence-electron chi connectivity index (χ2n) is 4.08. The fraction of sp³-hybridized carbons (Fsp3) is 0.429. The fourth-order valence-corrected chi connectivity index (χ4v) is 2.62. The van der Waals surface area contributed by atoms with Gasteiger partial charge in [-0.15, -0.1) is 0 Å². The number of nitrogens with one attached hydrogen (secondary N) is 1. The maximum Gasteiger partial charge on any atom is 0.228 e. The molecule has 0 fully saturated rings. The van der Waals surface area contributed by atoms with Gasteiger partial charge in [-0.3, -0.25) is 4.79 Å². The molecule has 1 amide bonds. The minimum Gasteiger partial charge on any atom is -0.494 e. The van der Waals surface area contributed by atoms with E-state index in [1.165, 1.54) is 11.3 Å². The molecule has 2 aromatic rings. The summed E-state index contributed by atoms with van der Waals surface area (Å²) >= 11 is 1.44. The Bertz CT molecular complexity index is 583. The summed E-state index contributed by atoms with van der Waals surface area (Å²) < 4.78 is 11.6. The monoisotopic (exact) mass is 294 g/mol. The highest BCUT2D eigenvalue weighted by Crippen LogP contribution is 2.29. The molecule has 1 aromatic heterocycles. The molecule has 20 heavy (non-hydrogen) atoms. The highest BCUT2D eigenvalue weighted by molar-refractivity contribution is 7.22. The number of carbonyl (C=O) groups is 1. The Morgan fingerprint density at radius 3 is 2.95 bits per heavy atom. The van der Waals surface area contributed by atoms with Gasteiger partial charge >= 0.3 is 0 Å². The van der Waals surface area contributed by atoms with Gasteiger partial charge in [-0.1, -0.05) is 11.3 Å². The van der Waals surface area contributed by atoms with Crippen molar-refractivity contribution in [3.05, 3.63) is 18.2 Å². The molecular weight excluding hydrogens is 276 g/mol. The Labute approximate surface area is 121 Å². The number of anilines is 1. The van der Waals surface area contributed by atoms with Gasteiger partial charge in [0.25, 0.3) is 0 Å². The maximum atomic E-state index is 11.7. The first-order valence-electron chi connectivity index (χ1n) is 6.64. The zero-order valence-corrected chi connectivity index (χ0v) is 12.5. The molecule has 0 spiro atoms. The first-order valence-corrected chi connectivity index (χ1v) is 7.45. The third-order valence-corrected chi connectivity index (χ3v) is 3.53. The van der Waals surface area contributed by atoms with Crippen LogP contribution in [0.4, 0.5) is 5.13 Å². The molecule has 6 heteroatoms. The number of ether oxygens (including phenoxy) is 2. The first kappa shape index (κ1) is 14.7. The third kappa shape index (κ3) is 3.91. The summed E-state index contributed by atoms with van der Waals surface area (Å²) in [6, 6.07) is 5.71. The van der Waals surface area contributed by atoms with Gasteiger partial charge in [0.05, 0.1) is 29.9 Å². The van der Waals surface area contributed by atoms with Crippen LogP contribution in [-0.4, -0.2) is 30.7 Å². The summed E-state index contributed by atoms with van der Waals surface area (Å²) in [5.41, 5.74) is 0.860. The van der Waals surface area contributed by atoms with E-state index in [4.69, 9.17) is 9.47 Å². The van der Waals surface area contributed by atoms with E-state index >= 15 is 0 Å². The first-order chi connectivity index (χ1) is 9.72. The third-order valence-electron chi connectivity index (χ3n) is 2.59. The van der Waals surface area contributed by atoms with Gasteiger partial charge in [-0.2, -0.15) is 0 Å². The largest absolute Gasteiger partial charge is 0.494 e. The Hall–Kier alpha value is -1.66. The van der Waals surface area contributed by atoms with Crippen LogP contribution in [0.1, 0.15) is 20.3 Å². The topological polar surface area (TPSA) is 60.5 Å². The molecular formula is C14H18N2O3S. The molecule has 0 aliphatic carbocycles. The van der Waals surface area contributed by atoms with Crippen LogP contribution in [0.2, 0.25) is 0 Å². The maximum absolute atomic E-state index is 11.7. The molecule has 1 N–H and O–H groups in total. The molecule has 0 saturated carbocycles. The summed E-state index contributed by atoms with van der Waals surface area (Å²) in [5, 5.41) is 3.40. The van der Waals surface area contributed by atoms with E-state index < -0.39 is 0 Å². The highest BCUT2D eigenvalue weighted by Gasteiger charge is 2.08. The zero-order chi connectivity index (χ0) is 14.4. The van der Waals surface area contributed by atoms with Crippen molar-refractivity contribution in [2.24, 2.45) is 0 Å². The Morgan fingerprint density at radius 2 is 2.20 bits per heavy atom. The smallest absolute Gasteiger partial charge is 0.228 e. The standard InChI is InChI=1S/C14H18N2O3S/c1-3-18-8-7-13(17)16-14-15-11-6-5-10(19-4-2)9-12(11)20-14/h5-6,9H,3-4,7-8H2,1-2H3,(H,15,16,17). The van der Waals surface area contributed by atoms with Crippen LogP contribution in [0.5, 0.6) is 5.75 Å². The van der Waals surface area contributed by atoms with Gasteiger partial charge in [0, 0.05) is 6.61 Å². The molecule has 0 radical (unpaired) electrons. The summed E-state index contributed by atoms with van der Waals surface area (Å²) in [6.45, 7) is 5.53. The molecule has 108 valence electrons. The van der Waals surface area contributed by atoms with Crippen molar-refractivity contribution in [2.75, 3.05) is 25.1 Å². The Morgan fingerprint density at radius 1 is 1.35 bits per heavy atom. The van der Waals surface area contributed by atoms with Gasteiger partial charge in [-0.05, 0) is 32.0 Å². The number of benzene rings is 1. The van der Waals surface area contributed by atoms with E-state index in [2.05, 4.69) is 10.3 Å². The van der Waals surface area contributed by atoms with Crippen LogP contribution in [0, 0.1) is 0 Å². The Balaban J connectivity index is 2.02. The molecule has 2 rings (SSSR count). The molecule has 5 nitrogen and oxygen atoms in total. The molecule has 1 aromatic carbocycles. The van der Waals surface area contributed by atoms with Gasteiger partial charge in [0.1, 0.15) is 5.75 Å². The minimum absolute atomic E-state index is 0.0810. The summed E-state index contributed by atoms with van der Waals surface area (Å²) in [6.07, 6.45) is 0.341. The number of amides is 1. The van der Waals surface area contributed by atoms with Crippen LogP contribution in [0.3, 0.4) is 0 Å². The van der Waals surface area contributed by atoms with Gasteiger partial charge < -0.3 is 14.8 Å². The lowest BCUT2D eigenvalue weighted by Crippen LogP contribution is -2.13. The van der Waals surface area contributed by atoms with Crippen molar-refractivity contribution in [3.8, 4) is 5.75 Å². The summed E-state index contributed by atoms with van der Waals surface area (Å²) in [7, 11) is 0. The van der Waals surface area contributed by atoms with Crippen molar-refractivity contribution in [1.82, 2.24) is 4.98 Å². The quantitative estimate of drug-likeness (QED) is 0.797. The normalized spacial score (nSPS) is 10.7. The number of thiazole rings is 1. The fourth-order valence-electron chi connectivity index (χ4n) is 1.71. The van der Waals surface area contributed by atoms with Crippen LogP contribution in [0.15, 0.2) is 18.2 Å². The van der Waals surface area contributed by atoms with Gasteiger partial charge in [0.2, 0.25) is 5.91 Å². The van der Waals surface area contributed by atoms with Crippen LogP contribution >= 0.6 is 11.3 Å².